The first kappa shape index (κ1) is 31.8. The van der Waals surface area contributed by atoms with E-state index in [1.807, 2.05) is 13.8 Å². The molecule has 2 aliphatic heterocycles. The monoisotopic (exact) mass is 642 g/mol. The number of carbonyl (C=O) groups is 1. The number of amides is 1. The molecule has 232 valence electrons. The van der Waals surface area contributed by atoms with Gasteiger partial charge in [0.15, 0.2) is 0 Å². The number of benzene rings is 3. The van der Waals surface area contributed by atoms with Crippen LogP contribution in [-0.4, -0.2) is 29.9 Å². The summed E-state index contributed by atoms with van der Waals surface area (Å²) in [6, 6.07) is 9.53. The summed E-state index contributed by atoms with van der Waals surface area (Å²) in [6.45, 7) is 5.27. The second-order valence-electron chi connectivity index (χ2n) is 11.1. The normalized spacial score (nSPS) is 19.5. The van der Waals surface area contributed by atoms with Crippen molar-refractivity contribution in [3.05, 3.63) is 98.3 Å². The predicted octanol–water partition coefficient (Wildman–Crippen LogP) is 6.27. The number of halogens is 8. The van der Waals surface area contributed by atoms with Crippen LogP contribution in [0.4, 0.5) is 30.7 Å². The molecule has 1 atom stereocenters. The first-order valence-electron chi connectivity index (χ1n) is 13.1. The van der Waals surface area contributed by atoms with Crippen LogP contribution in [0.15, 0.2) is 53.7 Å². The number of hydrogen-bond donors (Lipinski definition) is 2. The van der Waals surface area contributed by atoms with Crippen molar-refractivity contribution in [3.63, 3.8) is 0 Å². The van der Waals surface area contributed by atoms with E-state index in [1.54, 1.807) is 18.2 Å². The van der Waals surface area contributed by atoms with Crippen LogP contribution in [0.5, 0.6) is 0 Å². The van der Waals surface area contributed by atoms with Crippen molar-refractivity contribution in [1.29, 1.82) is 0 Å². The number of rotatable bonds is 5. The minimum atomic E-state index is -5.39. The average Bonchev–Trinajstić information content (AvgIpc) is 3.47. The highest BCUT2D eigenvalue weighted by molar-refractivity contribution is 6.62. The number of nitrogens with zero attached hydrogens (tertiary/aromatic N) is 1. The highest BCUT2D eigenvalue weighted by Crippen LogP contribution is 2.51. The van der Waals surface area contributed by atoms with Crippen molar-refractivity contribution in [1.82, 2.24) is 5.32 Å². The molecule has 0 bridgehead atoms. The first-order chi connectivity index (χ1) is 20.3. The number of fused-ring (bicyclic) bond motifs is 1. The third-order valence-corrected chi connectivity index (χ3v) is 7.95. The summed E-state index contributed by atoms with van der Waals surface area (Å²) in [5, 5.41) is 15.3. The molecule has 2 N–H and O–H groups in total. The lowest BCUT2D eigenvalue weighted by Crippen LogP contribution is -2.43. The Morgan fingerprint density at radius 1 is 1.07 bits per heavy atom. The molecule has 6 nitrogen and oxygen atoms in total. The maximum atomic E-state index is 14.9. The first-order valence-corrected chi connectivity index (χ1v) is 13.5. The minimum absolute atomic E-state index is 0.0153. The Kier molecular flexibility index (Phi) is 7.79. The van der Waals surface area contributed by atoms with Gasteiger partial charge in [0.2, 0.25) is 0 Å². The number of hydrogen-bond acceptors (Lipinski definition) is 5. The van der Waals surface area contributed by atoms with Gasteiger partial charge in [0, 0.05) is 17.7 Å². The average molecular weight is 643 g/mol. The third-order valence-electron chi connectivity index (χ3n) is 7.67. The number of oxime groups is 1. The minimum Gasteiger partial charge on any atom is -0.423 e. The molecule has 2 heterocycles. The van der Waals surface area contributed by atoms with Gasteiger partial charge >= 0.3 is 19.5 Å². The lowest BCUT2D eigenvalue weighted by atomic mass is 9.77. The predicted molar refractivity (Wildman–Crippen MR) is 147 cm³/mol. The van der Waals surface area contributed by atoms with Crippen LogP contribution in [0.3, 0.4) is 0 Å². The van der Waals surface area contributed by atoms with Crippen LogP contribution in [-0.2, 0) is 33.4 Å². The van der Waals surface area contributed by atoms with Gasteiger partial charge in [-0.25, -0.2) is 4.39 Å². The van der Waals surface area contributed by atoms with Crippen molar-refractivity contribution >= 4 is 35.8 Å². The Labute approximate surface area is 251 Å². The Balaban J connectivity index is 1.36. The quantitative estimate of drug-likeness (QED) is 0.254. The van der Waals surface area contributed by atoms with E-state index < -0.39 is 65.0 Å². The zero-order valence-corrected chi connectivity index (χ0v) is 24.0. The smallest absolute Gasteiger partial charge is 0.423 e. The molecule has 3 aromatic carbocycles. The molecule has 0 radical (unpaired) electrons. The summed E-state index contributed by atoms with van der Waals surface area (Å²) in [7, 11) is -1.11. The van der Waals surface area contributed by atoms with Crippen molar-refractivity contribution in [2.24, 2.45) is 5.16 Å². The van der Waals surface area contributed by atoms with Gasteiger partial charge in [0.05, 0.1) is 28.3 Å². The van der Waals surface area contributed by atoms with Gasteiger partial charge in [-0.1, -0.05) is 41.0 Å². The van der Waals surface area contributed by atoms with Gasteiger partial charge in [-0.2, -0.15) is 26.3 Å². The largest absolute Gasteiger partial charge is 0.492 e. The van der Waals surface area contributed by atoms with Crippen LogP contribution in [0, 0.1) is 12.7 Å². The number of carbonyl (C=O) groups excluding carboxylic acids is 1. The van der Waals surface area contributed by atoms with Gasteiger partial charge in [0.1, 0.15) is 5.82 Å². The van der Waals surface area contributed by atoms with E-state index in [9.17, 15) is 40.6 Å². The summed E-state index contributed by atoms with van der Waals surface area (Å²) >= 11 is 5.55. The van der Waals surface area contributed by atoms with Gasteiger partial charge < -0.3 is 19.8 Å². The number of nitrogens with one attached hydrogen (secondary N) is 1. The third kappa shape index (κ3) is 5.54. The fraction of sp³-hybridized carbons (Fsp3) is 0.310. The lowest BCUT2D eigenvalue weighted by molar-refractivity contribution is -0.276. The molecule has 0 fully saturated rings. The van der Waals surface area contributed by atoms with E-state index >= 15 is 0 Å². The molecule has 0 aromatic heterocycles. The van der Waals surface area contributed by atoms with Gasteiger partial charge in [0.25, 0.3) is 11.5 Å². The second kappa shape index (κ2) is 10.8. The van der Waals surface area contributed by atoms with Crippen molar-refractivity contribution < 1.29 is 50.0 Å². The number of aryl methyl sites for hydroxylation is 1. The standard InChI is InChI=1S/C29H23BClF7N2O4/c1-14-8-16(5-6-18(14)25(41)39-13-15-4-7-19-21(9-15)30(42)43-26(19,2)3)23-12-27(44-40-23,29(36,37)38)20-10-17(28(33,34)35)11-22(31)24(20)32/h4-11,42H,12-13H2,1-3H3,(H,39,41). The molecule has 3 aromatic rings. The molecule has 1 amide bonds. The maximum Gasteiger partial charge on any atom is 0.492 e. The zero-order valence-electron chi connectivity index (χ0n) is 23.3. The molecule has 0 aliphatic carbocycles. The van der Waals surface area contributed by atoms with E-state index in [1.165, 1.54) is 25.1 Å². The fourth-order valence-corrected chi connectivity index (χ4v) is 5.56. The zero-order chi connectivity index (χ0) is 32.4. The van der Waals surface area contributed by atoms with Crippen LogP contribution in [0.25, 0.3) is 0 Å². The van der Waals surface area contributed by atoms with E-state index in [4.69, 9.17) is 21.1 Å². The van der Waals surface area contributed by atoms with Crippen LogP contribution in [0.2, 0.25) is 5.02 Å². The molecule has 0 spiro atoms. The van der Waals surface area contributed by atoms with Crippen molar-refractivity contribution in [2.75, 3.05) is 0 Å². The summed E-state index contributed by atoms with van der Waals surface area (Å²) in [6.07, 6.45) is -11.7. The SMILES string of the molecule is Cc1cc(C2=NOC(c3cc(C(F)(F)F)cc(Cl)c3F)(C(F)(F)F)C2)ccc1C(=O)NCc1ccc2c(c1)B(O)OC2(C)C. The molecule has 2 aliphatic rings. The van der Waals surface area contributed by atoms with Crippen LogP contribution >= 0.6 is 11.6 Å². The molecule has 0 saturated carbocycles. The molecular formula is C29H23BClF7N2O4. The van der Waals surface area contributed by atoms with Crippen molar-refractivity contribution in [2.45, 2.75) is 57.3 Å². The highest BCUT2D eigenvalue weighted by Gasteiger charge is 2.64. The Bertz CT molecular complexity index is 1690. The van der Waals surface area contributed by atoms with E-state index in [2.05, 4.69) is 10.5 Å². The van der Waals surface area contributed by atoms with E-state index in [0.717, 1.165) is 5.56 Å². The molecule has 1 unspecified atom stereocenters. The Morgan fingerprint density at radius 2 is 1.77 bits per heavy atom. The highest BCUT2D eigenvalue weighted by atomic mass is 35.5. The van der Waals surface area contributed by atoms with Gasteiger partial charge in [-0.15, -0.1) is 0 Å². The number of alkyl halides is 6. The van der Waals surface area contributed by atoms with E-state index in [0.29, 0.717) is 16.6 Å². The van der Waals surface area contributed by atoms with E-state index in [-0.39, 0.29) is 35.5 Å². The topological polar surface area (TPSA) is 80.2 Å². The molecule has 15 heteroatoms. The summed E-state index contributed by atoms with van der Waals surface area (Å²) in [4.78, 5) is 17.6. The molecular weight excluding hydrogens is 620 g/mol. The second-order valence-corrected chi connectivity index (χ2v) is 11.5. The molecule has 0 saturated heterocycles. The Hall–Kier alpha value is -3.62. The van der Waals surface area contributed by atoms with Crippen molar-refractivity contribution in [3.8, 4) is 0 Å². The summed E-state index contributed by atoms with van der Waals surface area (Å²) < 4.78 is 104. The van der Waals surface area contributed by atoms with Crippen LogP contribution in [0.1, 0.15) is 64.0 Å². The fourth-order valence-electron chi connectivity index (χ4n) is 5.34. The molecule has 5 rings (SSSR count). The summed E-state index contributed by atoms with van der Waals surface area (Å²) in [5.41, 5.74) is -4.90. The van der Waals surface area contributed by atoms with Gasteiger partial charge in [-0.05, 0) is 72.8 Å². The molecule has 44 heavy (non-hydrogen) atoms. The van der Waals surface area contributed by atoms with Crippen LogP contribution < -0.4 is 10.8 Å². The maximum absolute atomic E-state index is 14.9. The van der Waals surface area contributed by atoms with Gasteiger partial charge in [-0.3, -0.25) is 4.79 Å². The summed E-state index contributed by atoms with van der Waals surface area (Å²) in [5.74, 6) is -2.22. The lowest BCUT2D eigenvalue weighted by Gasteiger charge is -2.30. The Morgan fingerprint density at radius 3 is 2.41 bits per heavy atom.